The van der Waals surface area contributed by atoms with Gasteiger partial charge < -0.3 is 10.2 Å². The lowest BCUT2D eigenvalue weighted by molar-refractivity contribution is -0.385. The highest BCUT2D eigenvalue weighted by Crippen LogP contribution is 2.43. The van der Waals surface area contributed by atoms with E-state index in [1.165, 1.54) is 6.07 Å². The predicted octanol–water partition coefficient (Wildman–Crippen LogP) is 4.92. The number of nitro benzene ring substituents is 1. The summed E-state index contributed by atoms with van der Waals surface area (Å²) in [5.74, 6) is 4.59. The van der Waals surface area contributed by atoms with Gasteiger partial charge in [0.1, 0.15) is 0 Å². The molecule has 0 aliphatic heterocycles. The zero-order chi connectivity index (χ0) is 25.7. The van der Waals surface area contributed by atoms with Gasteiger partial charge >= 0.3 is 0 Å². The van der Waals surface area contributed by atoms with Crippen LogP contribution in [0.2, 0.25) is 0 Å². The minimum absolute atomic E-state index is 0.0715. The third kappa shape index (κ3) is 5.03. The number of nitriles is 1. The van der Waals surface area contributed by atoms with E-state index in [1.807, 2.05) is 32.1 Å². The molecule has 0 amide bonds. The maximum absolute atomic E-state index is 11.0. The summed E-state index contributed by atoms with van der Waals surface area (Å²) in [7, 11) is 0. The number of nitro groups is 1. The van der Waals surface area contributed by atoms with Gasteiger partial charge in [-0.1, -0.05) is 41.5 Å². The number of benzene rings is 2. The number of aliphatic hydroxyl groups excluding tert-OH is 2. The van der Waals surface area contributed by atoms with E-state index in [9.17, 15) is 20.3 Å². The third-order valence-corrected chi connectivity index (χ3v) is 6.39. The third-order valence-electron chi connectivity index (χ3n) is 6.39. The monoisotopic (exact) mass is 466 g/mol. The van der Waals surface area contributed by atoms with Crippen LogP contribution in [0.1, 0.15) is 66.3 Å². The molecule has 176 valence electrons. The summed E-state index contributed by atoms with van der Waals surface area (Å²) in [5, 5.41) is 40.1. The number of hydrogen-bond donors (Lipinski definition) is 2. The zero-order valence-corrected chi connectivity index (χ0v) is 19.6. The fraction of sp³-hybridized carbons (Fsp3) is 0.276. The van der Waals surface area contributed by atoms with Crippen LogP contribution < -0.4 is 0 Å². The normalized spacial score (nSPS) is 18.8. The summed E-state index contributed by atoms with van der Waals surface area (Å²) in [5.41, 5.74) is 5.98. The molecule has 2 aliphatic carbocycles. The second kappa shape index (κ2) is 10.9. The number of nitrogens with zero attached hydrogens (tertiary/aromatic N) is 2. The second-order valence-corrected chi connectivity index (χ2v) is 8.64. The van der Waals surface area contributed by atoms with Crippen molar-refractivity contribution in [2.45, 2.75) is 50.7 Å². The van der Waals surface area contributed by atoms with Gasteiger partial charge in [-0.25, -0.2) is 0 Å². The average molecular weight is 467 g/mol. The summed E-state index contributed by atoms with van der Waals surface area (Å²) >= 11 is 0. The van der Waals surface area contributed by atoms with Crippen molar-refractivity contribution in [3.05, 3.63) is 85.5 Å². The molecule has 35 heavy (non-hydrogen) atoms. The Balaban J connectivity index is 0.000000196. The molecular weight excluding hydrogens is 440 g/mol. The van der Waals surface area contributed by atoms with Crippen LogP contribution in [0.4, 0.5) is 5.69 Å². The van der Waals surface area contributed by atoms with Crippen molar-refractivity contribution < 1.29 is 15.1 Å². The summed E-state index contributed by atoms with van der Waals surface area (Å²) < 4.78 is 0. The van der Waals surface area contributed by atoms with E-state index < -0.39 is 17.1 Å². The van der Waals surface area contributed by atoms with Crippen molar-refractivity contribution in [3.8, 4) is 30.8 Å². The maximum Gasteiger partial charge on any atom is 0.276 e. The average Bonchev–Trinajstić information content (AvgIpc) is 3.34. The first-order valence-corrected chi connectivity index (χ1v) is 11.1. The molecule has 2 N–H and O–H groups in total. The molecule has 0 aromatic heterocycles. The largest absolute Gasteiger partial charge is 0.391 e. The quantitative estimate of drug-likeness (QED) is 0.369. The Kier molecular flexibility index (Phi) is 7.90. The Hall–Kier alpha value is -4.15. The Morgan fingerprint density at radius 3 is 1.91 bits per heavy atom. The first-order chi connectivity index (χ1) is 16.7. The molecule has 4 rings (SSSR count). The molecule has 4 atom stereocenters. The van der Waals surface area contributed by atoms with E-state index in [0.717, 1.165) is 27.8 Å². The molecule has 0 radical (unpaired) electrons. The summed E-state index contributed by atoms with van der Waals surface area (Å²) in [6.45, 7) is 3.82. The first kappa shape index (κ1) is 25.5. The highest BCUT2D eigenvalue weighted by molar-refractivity contribution is 5.74. The van der Waals surface area contributed by atoms with Crippen molar-refractivity contribution in [2.24, 2.45) is 0 Å². The molecule has 0 spiro atoms. The minimum Gasteiger partial charge on any atom is -0.391 e. The van der Waals surface area contributed by atoms with Gasteiger partial charge in [0.2, 0.25) is 0 Å². The second-order valence-electron chi connectivity index (χ2n) is 8.64. The number of rotatable bonds is 5. The first-order valence-electron chi connectivity index (χ1n) is 11.1. The standard InChI is InChI=1S/C15H13NO.C14H13NO3/c1-3-5-14(17)15-10(2)8-13-11(9-16)6-4-7-12(13)15;1-3-5-13(16)14-9(2)8-11-10(14)6-4-7-12(11)15(17)18/h1,4,6-8,14-15,17H,5H2,2H3;1,4,6-8,13-14,16H,5H2,2H3. The highest BCUT2D eigenvalue weighted by Gasteiger charge is 2.32. The number of fused-ring (bicyclic) bond motifs is 2. The summed E-state index contributed by atoms with van der Waals surface area (Å²) in [6, 6.07) is 12.7. The SMILES string of the molecule is C#CCC(O)C1C(C)=Cc2c(C#N)cccc21.C#CCC(O)C1C(C)=Cc2c1cccc2[N+](=O)[O-]. The molecule has 2 aromatic rings. The number of terminal acetylenes is 2. The molecule has 2 aliphatic rings. The van der Waals surface area contributed by atoms with Gasteiger partial charge in [-0.3, -0.25) is 10.1 Å². The van der Waals surface area contributed by atoms with Crippen molar-refractivity contribution >= 4 is 17.8 Å². The van der Waals surface area contributed by atoms with Crippen LogP contribution in [-0.4, -0.2) is 27.3 Å². The summed E-state index contributed by atoms with van der Waals surface area (Å²) in [4.78, 5) is 10.5. The topological polar surface area (TPSA) is 107 Å². The van der Waals surface area contributed by atoms with E-state index in [2.05, 4.69) is 17.9 Å². The highest BCUT2D eigenvalue weighted by atomic mass is 16.6. The van der Waals surface area contributed by atoms with Crippen molar-refractivity contribution in [1.82, 2.24) is 0 Å². The molecule has 6 heteroatoms. The van der Waals surface area contributed by atoms with Crippen LogP contribution >= 0.6 is 0 Å². The lowest BCUT2D eigenvalue weighted by Gasteiger charge is -2.19. The van der Waals surface area contributed by atoms with E-state index >= 15 is 0 Å². The molecule has 0 heterocycles. The van der Waals surface area contributed by atoms with Gasteiger partial charge in [-0.2, -0.15) is 5.26 Å². The molecule has 6 nitrogen and oxygen atoms in total. The Bertz CT molecular complexity index is 1330. The molecule has 0 saturated carbocycles. The lowest BCUT2D eigenvalue weighted by atomic mass is 9.89. The minimum atomic E-state index is -0.700. The van der Waals surface area contributed by atoms with Gasteiger partial charge in [0.15, 0.2) is 0 Å². The van der Waals surface area contributed by atoms with Gasteiger partial charge in [0.05, 0.1) is 34.3 Å². The molecular formula is C29H26N2O4. The van der Waals surface area contributed by atoms with Crippen LogP contribution in [-0.2, 0) is 0 Å². The Labute approximate surface area is 205 Å². The van der Waals surface area contributed by atoms with Crippen molar-refractivity contribution in [1.29, 1.82) is 5.26 Å². The van der Waals surface area contributed by atoms with Crippen molar-refractivity contribution in [3.63, 3.8) is 0 Å². The van der Waals surface area contributed by atoms with Gasteiger partial charge in [0, 0.05) is 30.7 Å². The molecule has 4 unspecified atom stereocenters. The molecule has 0 saturated heterocycles. The number of hydrogen-bond acceptors (Lipinski definition) is 5. The Morgan fingerprint density at radius 2 is 1.43 bits per heavy atom. The van der Waals surface area contributed by atoms with Gasteiger partial charge in [0.25, 0.3) is 5.69 Å². The van der Waals surface area contributed by atoms with E-state index in [0.29, 0.717) is 17.5 Å². The van der Waals surface area contributed by atoms with Crippen molar-refractivity contribution in [2.75, 3.05) is 0 Å². The molecule has 0 fully saturated rings. The van der Waals surface area contributed by atoms with E-state index in [4.69, 9.17) is 18.1 Å². The lowest BCUT2D eigenvalue weighted by Crippen LogP contribution is -2.17. The van der Waals surface area contributed by atoms with Gasteiger partial charge in [-0.05, 0) is 42.7 Å². The predicted molar refractivity (Wildman–Crippen MR) is 136 cm³/mol. The number of aliphatic hydroxyl groups is 2. The maximum atomic E-state index is 11.0. The smallest absolute Gasteiger partial charge is 0.276 e. The van der Waals surface area contributed by atoms with E-state index in [-0.39, 0.29) is 23.9 Å². The molecule has 2 aromatic carbocycles. The van der Waals surface area contributed by atoms with Crippen LogP contribution in [0.25, 0.3) is 12.2 Å². The fourth-order valence-electron chi connectivity index (χ4n) is 4.90. The zero-order valence-electron chi connectivity index (χ0n) is 19.6. The van der Waals surface area contributed by atoms with Crippen LogP contribution in [0.3, 0.4) is 0 Å². The fourth-order valence-corrected chi connectivity index (χ4v) is 4.90. The molecule has 0 bridgehead atoms. The van der Waals surface area contributed by atoms with Gasteiger partial charge in [-0.15, -0.1) is 24.7 Å². The summed E-state index contributed by atoms with van der Waals surface area (Å²) in [6.07, 6.45) is 13.5. The Morgan fingerprint density at radius 1 is 0.943 bits per heavy atom. The van der Waals surface area contributed by atoms with Crippen LogP contribution in [0.15, 0.2) is 47.5 Å². The van der Waals surface area contributed by atoms with Crippen LogP contribution in [0.5, 0.6) is 0 Å². The van der Waals surface area contributed by atoms with Crippen LogP contribution in [0, 0.1) is 46.1 Å². The van der Waals surface area contributed by atoms with E-state index in [1.54, 1.807) is 24.3 Å².